The van der Waals surface area contributed by atoms with Gasteiger partial charge in [0.2, 0.25) is 5.88 Å². The summed E-state index contributed by atoms with van der Waals surface area (Å²) in [5.74, 6) is -0.217. The first-order valence-corrected chi connectivity index (χ1v) is 6.53. The fourth-order valence-corrected chi connectivity index (χ4v) is 1.78. The van der Waals surface area contributed by atoms with E-state index in [1.807, 2.05) is 20.8 Å². The van der Waals surface area contributed by atoms with E-state index in [4.69, 9.17) is 4.74 Å². The van der Waals surface area contributed by atoms with E-state index in [0.717, 1.165) is 6.20 Å². The summed E-state index contributed by atoms with van der Waals surface area (Å²) in [5, 5.41) is 0. The van der Waals surface area contributed by atoms with Gasteiger partial charge in [0.1, 0.15) is 16.8 Å². The number of halogens is 1. The van der Waals surface area contributed by atoms with E-state index < -0.39 is 21.5 Å². The maximum absolute atomic E-state index is 13.2. The summed E-state index contributed by atoms with van der Waals surface area (Å²) in [6, 6.07) is 1.27. The highest BCUT2D eigenvalue weighted by molar-refractivity contribution is 7.85. The minimum Gasteiger partial charge on any atom is -0.481 e. The number of aromatic nitrogens is 1. The number of rotatable bonds is 3. The monoisotopic (exact) mass is 272 g/mol. The van der Waals surface area contributed by atoms with Gasteiger partial charge in [-0.3, -0.25) is 0 Å². The molecule has 1 atom stereocenters. The molecular formula is C12H17FN2O2S. The Morgan fingerprint density at radius 2 is 2.11 bits per heavy atom. The molecule has 0 amide bonds. The van der Waals surface area contributed by atoms with E-state index in [-0.39, 0.29) is 5.88 Å². The zero-order chi connectivity index (χ0) is 13.9. The number of methoxy groups -OCH3 is 1. The zero-order valence-electron chi connectivity index (χ0n) is 11.2. The van der Waals surface area contributed by atoms with Gasteiger partial charge in [0.25, 0.3) is 0 Å². The molecular weight excluding hydrogens is 255 g/mol. The highest BCUT2D eigenvalue weighted by atomic mass is 32.2. The zero-order valence-corrected chi connectivity index (χ0v) is 12.0. The molecule has 1 aromatic rings. The van der Waals surface area contributed by atoms with E-state index in [2.05, 4.69) is 9.38 Å². The van der Waals surface area contributed by atoms with Crippen LogP contribution in [0.25, 0.3) is 0 Å². The van der Waals surface area contributed by atoms with Crippen molar-refractivity contribution in [2.24, 2.45) is 4.40 Å². The number of hydrogen-bond acceptors (Lipinski definition) is 3. The summed E-state index contributed by atoms with van der Waals surface area (Å²) in [7, 11) is 0.0396. The van der Waals surface area contributed by atoms with E-state index in [9.17, 15) is 8.60 Å². The highest BCUT2D eigenvalue weighted by Gasteiger charge is 2.20. The van der Waals surface area contributed by atoms with Crippen LogP contribution in [-0.2, 0) is 11.0 Å². The van der Waals surface area contributed by atoms with Gasteiger partial charge in [-0.1, -0.05) is 0 Å². The minimum absolute atomic E-state index is 0.267. The molecule has 0 unspecified atom stereocenters. The van der Waals surface area contributed by atoms with Gasteiger partial charge in [-0.2, -0.15) is 4.40 Å². The summed E-state index contributed by atoms with van der Waals surface area (Å²) >= 11 is 0. The van der Waals surface area contributed by atoms with Crippen molar-refractivity contribution in [3.63, 3.8) is 0 Å². The molecule has 18 heavy (non-hydrogen) atoms. The quantitative estimate of drug-likeness (QED) is 0.794. The van der Waals surface area contributed by atoms with Gasteiger partial charge in [-0.05, 0) is 33.8 Å². The van der Waals surface area contributed by atoms with Crippen molar-refractivity contribution in [3.8, 4) is 5.88 Å². The number of hydrogen-bond donors (Lipinski definition) is 0. The molecule has 0 saturated carbocycles. The first kappa shape index (κ1) is 14.8. The van der Waals surface area contributed by atoms with Gasteiger partial charge in [0.05, 0.1) is 29.3 Å². The predicted molar refractivity (Wildman–Crippen MR) is 70.9 cm³/mol. The maximum atomic E-state index is 13.2. The molecule has 0 aliphatic carbocycles. The van der Waals surface area contributed by atoms with Crippen LogP contribution in [0.5, 0.6) is 5.88 Å². The number of nitrogens with zero attached hydrogens (tertiary/aromatic N) is 2. The summed E-state index contributed by atoms with van der Waals surface area (Å²) in [6.07, 6.45) is 1.07. The molecule has 0 radical (unpaired) electrons. The normalized spacial score (nSPS) is 14.4. The van der Waals surface area contributed by atoms with Crippen LogP contribution in [0.15, 0.2) is 16.7 Å². The first-order chi connectivity index (χ1) is 8.25. The molecule has 1 rings (SSSR count). The maximum Gasteiger partial charge on any atom is 0.222 e. The molecule has 0 bridgehead atoms. The van der Waals surface area contributed by atoms with E-state index in [1.54, 1.807) is 6.92 Å². The second-order valence-electron chi connectivity index (χ2n) is 4.75. The average Bonchev–Trinajstić information content (AvgIpc) is 2.27. The Labute approximate surface area is 109 Å². The second kappa shape index (κ2) is 5.56. The van der Waals surface area contributed by atoms with Gasteiger partial charge in [0.15, 0.2) is 0 Å². The third-order valence-corrected chi connectivity index (χ3v) is 3.63. The van der Waals surface area contributed by atoms with E-state index in [0.29, 0.717) is 11.3 Å². The molecule has 0 aliphatic heterocycles. The lowest BCUT2D eigenvalue weighted by Crippen LogP contribution is -2.20. The van der Waals surface area contributed by atoms with Crippen molar-refractivity contribution in [1.82, 2.24) is 4.98 Å². The van der Waals surface area contributed by atoms with Gasteiger partial charge in [0, 0.05) is 0 Å². The first-order valence-electron chi connectivity index (χ1n) is 5.43. The summed E-state index contributed by atoms with van der Waals surface area (Å²) in [5.41, 5.74) is 0.849. The lowest BCUT2D eigenvalue weighted by Gasteiger charge is -2.14. The van der Waals surface area contributed by atoms with Crippen LogP contribution in [0.3, 0.4) is 0 Å². The molecule has 100 valence electrons. The van der Waals surface area contributed by atoms with Crippen LogP contribution >= 0.6 is 0 Å². The minimum atomic E-state index is -1.40. The van der Waals surface area contributed by atoms with Crippen molar-refractivity contribution in [2.45, 2.75) is 32.4 Å². The van der Waals surface area contributed by atoms with Crippen LogP contribution < -0.4 is 4.74 Å². The molecule has 0 fully saturated rings. The molecule has 4 nitrogen and oxygen atoms in total. The Balaban J connectivity index is 3.18. The van der Waals surface area contributed by atoms with Crippen molar-refractivity contribution >= 4 is 16.7 Å². The molecule has 0 saturated heterocycles. The summed E-state index contributed by atoms with van der Waals surface area (Å²) in [4.78, 5) is 3.81. The lowest BCUT2D eigenvalue weighted by molar-refractivity contribution is 0.395. The number of ether oxygens (including phenoxy) is 1. The predicted octanol–water partition coefficient (Wildman–Crippen LogP) is 2.50. The standard InChI is InChI=1S/C12H17FN2O2S/c1-8(15-18(16)12(2,3)4)10-6-9(13)7-14-11(10)17-5/h6-7H,1-5H3/t18-/m0/s1. The number of pyridine rings is 1. The Kier molecular flexibility index (Phi) is 4.56. The van der Waals surface area contributed by atoms with Crippen LogP contribution in [0.1, 0.15) is 33.3 Å². The lowest BCUT2D eigenvalue weighted by atomic mass is 10.2. The fraction of sp³-hybridized carbons (Fsp3) is 0.500. The van der Waals surface area contributed by atoms with Crippen molar-refractivity contribution in [3.05, 3.63) is 23.6 Å². The van der Waals surface area contributed by atoms with E-state index >= 15 is 0 Å². The average molecular weight is 272 g/mol. The Morgan fingerprint density at radius 3 is 2.61 bits per heavy atom. The van der Waals surface area contributed by atoms with Crippen molar-refractivity contribution in [1.29, 1.82) is 0 Å². The summed E-state index contributed by atoms with van der Waals surface area (Å²) < 4.78 is 33.7. The molecule has 1 heterocycles. The van der Waals surface area contributed by atoms with Gasteiger partial charge in [-0.25, -0.2) is 13.6 Å². The molecule has 6 heteroatoms. The Morgan fingerprint density at radius 1 is 1.50 bits per heavy atom. The smallest absolute Gasteiger partial charge is 0.222 e. The third kappa shape index (κ3) is 3.60. The Hall–Kier alpha value is -1.30. The van der Waals surface area contributed by atoms with Crippen molar-refractivity contribution < 1.29 is 13.3 Å². The van der Waals surface area contributed by atoms with Crippen LogP contribution in [0.2, 0.25) is 0 Å². The van der Waals surface area contributed by atoms with Gasteiger partial charge in [-0.15, -0.1) is 0 Å². The summed E-state index contributed by atoms with van der Waals surface area (Å²) in [6.45, 7) is 7.12. The van der Waals surface area contributed by atoms with E-state index in [1.165, 1.54) is 13.2 Å². The molecule has 0 aliphatic rings. The van der Waals surface area contributed by atoms with Crippen LogP contribution in [0, 0.1) is 5.82 Å². The topological polar surface area (TPSA) is 51.6 Å². The highest BCUT2D eigenvalue weighted by Crippen LogP contribution is 2.19. The molecule has 1 aromatic heterocycles. The third-order valence-electron chi connectivity index (χ3n) is 2.14. The molecule has 0 aromatic carbocycles. The van der Waals surface area contributed by atoms with Gasteiger partial charge < -0.3 is 4.74 Å². The van der Waals surface area contributed by atoms with Gasteiger partial charge >= 0.3 is 0 Å². The van der Waals surface area contributed by atoms with Crippen LogP contribution in [0.4, 0.5) is 4.39 Å². The molecule has 0 N–H and O–H groups in total. The largest absolute Gasteiger partial charge is 0.481 e. The van der Waals surface area contributed by atoms with Crippen LogP contribution in [-0.4, -0.2) is 26.8 Å². The second-order valence-corrected chi connectivity index (χ2v) is 6.65. The fourth-order valence-electron chi connectivity index (χ4n) is 1.16. The van der Waals surface area contributed by atoms with Crippen molar-refractivity contribution in [2.75, 3.05) is 7.11 Å². The SMILES string of the molecule is COc1ncc(F)cc1C(C)=N[S@@](=O)C(C)(C)C. The Bertz CT molecular complexity index is 495. The molecule has 0 spiro atoms.